The maximum absolute atomic E-state index is 12.0. The molecule has 0 saturated carbocycles. The Hall–Kier alpha value is -2.45. The number of carbonyl (C=O) groups is 2. The molecule has 1 aromatic rings. The van der Waals surface area contributed by atoms with E-state index in [1.807, 2.05) is 6.92 Å². The fourth-order valence-electron chi connectivity index (χ4n) is 1.95. The summed E-state index contributed by atoms with van der Waals surface area (Å²) in [5.41, 5.74) is 0. The van der Waals surface area contributed by atoms with Crippen LogP contribution in [-0.4, -0.2) is 58.4 Å². The molecular weight excluding hydrogens is 276 g/mol. The molecule has 1 atom stereocenters. The van der Waals surface area contributed by atoms with Gasteiger partial charge in [0.25, 0.3) is 5.91 Å². The lowest BCUT2D eigenvalue weighted by atomic mass is 10.1. The average Bonchev–Trinajstić information content (AvgIpc) is 2.48. The van der Waals surface area contributed by atoms with Gasteiger partial charge in [-0.25, -0.2) is 0 Å². The Morgan fingerprint density at radius 3 is 2.67 bits per heavy atom. The molecule has 0 aromatic carbocycles. The predicted octanol–water partition coefficient (Wildman–Crippen LogP) is -0.129. The fraction of sp³-hybridized carbons (Fsp3) is 0.583. The second kappa shape index (κ2) is 6.33. The van der Waals surface area contributed by atoms with E-state index in [9.17, 15) is 9.59 Å². The number of piperidine rings is 1. The topological polar surface area (TPSA) is 109 Å². The van der Waals surface area contributed by atoms with Crippen molar-refractivity contribution in [2.45, 2.75) is 25.8 Å². The molecule has 0 radical (unpaired) electrons. The third-order valence-corrected chi connectivity index (χ3v) is 3.09. The Bertz CT molecular complexity index is 550. The second-order valence-corrected chi connectivity index (χ2v) is 4.53. The summed E-state index contributed by atoms with van der Waals surface area (Å²) in [7, 11) is 2.92. The third-order valence-electron chi connectivity index (χ3n) is 3.09. The standard InChI is InChI=1S/C12H18N6O3/c1-4-13-10-15-11(17-12(16-10)21-3)14-7-5-6-8(19)18(2)9(7)20/h7H,4-6H2,1-3H3,(H2,13,14,15,16,17). The number of imide groups is 1. The van der Waals surface area contributed by atoms with E-state index in [-0.39, 0.29) is 23.8 Å². The summed E-state index contributed by atoms with van der Waals surface area (Å²) in [5.74, 6) is 0.119. The van der Waals surface area contributed by atoms with E-state index in [1.54, 1.807) is 0 Å². The largest absolute Gasteiger partial charge is 0.467 e. The van der Waals surface area contributed by atoms with Crippen molar-refractivity contribution in [1.82, 2.24) is 19.9 Å². The van der Waals surface area contributed by atoms with E-state index >= 15 is 0 Å². The first-order valence-corrected chi connectivity index (χ1v) is 6.66. The molecule has 1 unspecified atom stereocenters. The van der Waals surface area contributed by atoms with E-state index in [4.69, 9.17) is 4.74 Å². The van der Waals surface area contributed by atoms with Gasteiger partial charge in [0, 0.05) is 20.0 Å². The van der Waals surface area contributed by atoms with Crippen LogP contribution in [0.25, 0.3) is 0 Å². The van der Waals surface area contributed by atoms with E-state index in [0.717, 1.165) is 4.90 Å². The first kappa shape index (κ1) is 14.9. The van der Waals surface area contributed by atoms with Crippen molar-refractivity contribution in [3.8, 4) is 6.01 Å². The molecule has 114 valence electrons. The Kier molecular flexibility index (Phi) is 4.51. The number of likely N-dealkylation sites (N-methyl/N-ethyl adjacent to an activating group) is 1. The minimum atomic E-state index is -0.533. The van der Waals surface area contributed by atoms with Gasteiger partial charge in [-0.15, -0.1) is 0 Å². The SMILES string of the molecule is CCNc1nc(NC2CCC(=O)N(C)C2=O)nc(OC)n1. The molecule has 9 heteroatoms. The third kappa shape index (κ3) is 3.36. The van der Waals surface area contributed by atoms with Crippen molar-refractivity contribution < 1.29 is 14.3 Å². The molecule has 1 aliphatic rings. The van der Waals surface area contributed by atoms with Gasteiger partial charge in [0.15, 0.2) is 0 Å². The first-order valence-electron chi connectivity index (χ1n) is 6.66. The molecular formula is C12H18N6O3. The van der Waals surface area contributed by atoms with Crippen LogP contribution < -0.4 is 15.4 Å². The quantitative estimate of drug-likeness (QED) is 0.723. The lowest BCUT2D eigenvalue weighted by molar-refractivity contribution is -0.146. The molecule has 0 aliphatic carbocycles. The molecule has 1 saturated heterocycles. The summed E-state index contributed by atoms with van der Waals surface area (Å²) in [4.78, 5) is 36.8. The van der Waals surface area contributed by atoms with Crippen LogP contribution in [0.2, 0.25) is 0 Å². The highest BCUT2D eigenvalue weighted by atomic mass is 16.5. The van der Waals surface area contributed by atoms with E-state index in [0.29, 0.717) is 25.3 Å². The number of carbonyl (C=O) groups excluding carboxylic acids is 2. The highest BCUT2D eigenvalue weighted by Gasteiger charge is 2.32. The van der Waals surface area contributed by atoms with Gasteiger partial charge < -0.3 is 15.4 Å². The maximum atomic E-state index is 12.0. The zero-order chi connectivity index (χ0) is 15.4. The lowest BCUT2D eigenvalue weighted by Gasteiger charge is -2.28. The number of amides is 2. The van der Waals surface area contributed by atoms with Crippen LogP contribution in [0.5, 0.6) is 6.01 Å². The Balaban J connectivity index is 2.16. The van der Waals surface area contributed by atoms with Gasteiger partial charge in [-0.05, 0) is 13.3 Å². The van der Waals surface area contributed by atoms with E-state index in [1.165, 1.54) is 14.2 Å². The first-order chi connectivity index (χ1) is 10.0. The molecule has 1 fully saturated rings. The number of aromatic nitrogens is 3. The summed E-state index contributed by atoms with van der Waals surface area (Å²) in [6, 6.07) is -0.384. The minimum absolute atomic E-state index is 0.149. The minimum Gasteiger partial charge on any atom is -0.467 e. The highest BCUT2D eigenvalue weighted by molar-refractivity contribution is 6.01. The number of nitrogens with zero attached hydrogens (tertiary/aromatic N) is 4. The average molecular weight is 294 g/mol. The Morgan fingerprint density at radius 2 is 2.00 bits per heavy atom. The predicted molar refractivity (Wildman–Crippen MR) is 75.0 cm³/mol. The maximum Gasteiger partial charge on any atom is 0.322 e. The van der Waals surface area contributed by atoms with Gasteiger partial charge in [-0.2, -0.15) is 15.0 Å². The number of methoxy groups -OCH3 is 1. The zero-order valence-electron chi connectivity index (χ0n) is 12.2. The second-order valence-electron chi connectivity index (χ2n) is 4.53. The molecule has 1 aromatic heterocycles. The number of likely N-dealkylation sites (tertiary alicyclic amines) is 1. The van der Waals surface area contributed by atoms with Crippen LogP contribution in [0.15, 0.2) is 0 Å². The lowest BCUT2D eigenvalue weighted by Crippen LogP contribution is -2.48. The normalized spacial score (nSPS) is 18.6. The van der Waals surface area contributed by atoms with Gasteiger partial charge in [0.1, 0.15) is 6.04 Å². The number of hydrogen-bond donors (Lipinski definition) is 2. The zero-order valence-corrected chi connectivity index (χ0v) is 12.2. The van der Waals surface area contributed by atoms with Crippen LogP contribution in [0.3, 0.4) is 0 Å². The van der Waals surface area contributed by atoms with Crippen LogP contribution in [0.1, 0.15) is 19.8 Å². The molecule has 2 rings (SSSR count). The van der Waals surface area contributed by atoms with E-state index < -0.39 is 6.04 Å². The van der Waals surface area contributed by atoms with E-state index in [2.05, 4.69) is 25.6 Å². The summed E-state index contributed by atoms with van der Waals surface area (Å²) in [6.45, 7) is 2.56. The van der Waals surface area contributed by atoms with Gasteiger partial charge in [-0.3, -0.25) is 14.5 Å². The van der Waals surface area contributed by atoms with Crippen LogP contribution in [0.4, 0.5) is 11.9 Å². The Labute approximate surface area is 122 Å². The van der Waals surface area contributed by atoms with Gasteiger partial charge in [0.2, 0.25) is 17.8 Å². The molecule has 0 spiro atoms. The highest BCUT2D eigenvalue weighted by Crippen LogP contribution is 2.17. The number of hydrogen-bond acceptors (Lipinski definition) is 8. The summed E-state index contributed by atoms with van der Waals surface area (Å²) < 4.78 is 5.00. The molecule has 9 nitrogen and oxygen atoms in total. The van der Waals surface area contributed by atoms with Gasteiger partial charge in [0.05, 0.1) is 7.11 Å². The summed E-state index contributed by atoms with van der Waals surface area (Å²) in [6.07, 6.45) is 0.717. The van der Waals surface area contributed by atoms with Crippen molar-refractivity contribution in [2.75, 3.05) is 31.3 Å². The summed E-state index contributed by atoms with van der Waals surface area (Å²) >= 11 is 0. The van der Waals surface area contributed by atoms with Crippen LogP contribution in [0, 0.1) is 0 Å². The van der Waals surface area contributed by atoms with Crippen LogP contribution >= 0.6 is 0 Å². The molecule has 1 aliphatic heterocycles. The van der Waals surface area contributed by atoms with Crippen molar-refractivity contribution in [3.05, 3.63) is 0 Å². The molecule has 2 amide bonds. The van der Waals surface area contributed by atoms with Crippen LogP contribution in [-0.2, 0) is 9.59 Å². The van der Waals surface area contributed by atoms with Crippen molar-refractivity contribution in [2.24, 2.45) is 0 Å². The smallest absolute Gasteiger partial charge is 0.322 e. The number of nitrogens with one attached hydrogen (secondary N) is 2. The van der Waals surface area contributed by atoms with Crippen molar-refractivity contribution in [1.29, 1.82) is 0 Å². The number of anilines is 2. The van der Waals surface area contributed by atoms with Crippen molar-refractivity contribution in [3.63, 3.8) is 0 Å². The van der Waals surface area contributed by atoms with Gasteiger partial charge in [-0.1, -0.05) is 0 Å². The monoisotopic (exact) mass is 294 g/mol. The number of ether oxygens (including phenoxy) is 1. The molecule has 0 bridgehead atoms. The number of rotatable bonds is 5. The fourth-order valence-corrected chi connectivity index (χ4v) is 1.95. The van der Waals surface area contributed by atoms with Gasteiger partial charge >= 0.3 is 6.01 Å². The molecule has 2 heterocycles. The molecule has 21 heavy (non-hydrogen) atoms. The molecule has 2 N–H and O–H groups in total. The van der Waals surface area contributed by atoms with Crippen molar-refractivity contribution >= 4 is 23.7 Å². The summed E-state index contributed by atoms with van der Waals surface area (Å²) in [5, 5.41) is 5.88. The Morgan fingerprint density at radius 1 is 1.29 bits per heavy atom.